The highest BCUT2D eigenvalue weighted by Crippen LogP contribution is 2.31. The molecule has 0 saturated carbocycles. The van der Waals surface area contributed by atoms with Crippen LogP contribution in [0.5, 0.6) is 0 Å². The van der Waals surface area contributed by atoms with Gasteiger partial charge in [0.05, 0.1) is 6.42 Å². The van der Waals surface area contributed by atoms with Crippen LogP contribution in [0.1, 0.15) is 13.3 Å². The highest BCUT2D eigenvalue weighted by Gasteiger charge is 2.25. The smallest absolute Gasteiger partial charge is 0.304 e. The fourth-order valence-corrected chi connectivity index (χ4v) is 4.90. The Kier molecular flexibility index (Phi) is 4.60. The van der Waals surface area contributed by atoms with Gasteiger partial charge in [0.25, 0.3) is 10.0 Å². The van der Waals surface area contributed by atoms with Gasteiger partial charge >= 0.3 is 5.97 Å². The van der Waals surface area contributed by atoms with Gasteiger partial charge in [-0.2, -0.15) is 4.31 Å². The third kappa shape index (κ3) is 3.39. The Bertz CT molecular complexity index is 770. The van der Waals surface area contributed by atoms with Crippen LogP contribution in [-0.2, 0) is 14.8 Å². The van der Waals surface area contributed by atoms with Crippen molar-refractivity contribution >= 4 is 37.4 Å². The van der Waals surface area contributed by atoms with E-state index in [0.717, 1.165) is 15.6 Å². The van der Waals surface area contributed by atoms with E-state index in [4.69, 9.17) is 5.11 Å². The molecule has 114 valence electrons. The molecule has 0 spiro atoms. The number of carbonyl (C=O) groups is 1. The average molecular weight is 331 g/mol. The second-order valence-electron chi connectivity index (χ2n) is 4.39. The van der Waals surface area contributed by atoms with Crippen molar-refractivity contribution < 1.29 is 22.7 Å². The molecule has 0 bridgehead atoms. The maximum atomic E-state index is 13.2. The van der Waals surface area contributed by atoms with Gasteiger partial charge in [-0.05, 0) is 29.7 Å². The molecule has 0 aliphatic rings. The molecule has 0 atom stereocenters. The number of aliphatic carboxylic acids is 1. The molecule has 5 nitrogen and oxygen atoms in total. The van der Waals surface area contributed by atoms with Crippen LogP contribution in [0.4, 0.5) is 4.39 Å². The number of carboxylic acids is 1. The van der Waals surface area contributed by atoms with Gasteiger partial charge in [-0.25, -0.2) is 12.8 Å². The van der Waals surface area contributed by atoms with Gasteiger partial charge in [0, 0.05) is 17.8 Å². The average Bonchev–Trinajstić information content (AvgIpc) is 2.82. The first-order valence-electron chi connectivity index (χ1n) is 6.25. The molecule has 2 aromatic rings. The van der Waals surface area contributed by atoms with Gasteiger partial charge in [0.1, 0.15) is 10.0 Å². The molecule has 0 radical (unpaired) electrons. The lowest BCUT2D eigenvalue weighted by atomic mass is 10.3. The van der Waals surface area contributed by atoms with Crippen LogP contribution in [-0.4, -0.2) is 36.9 Å². The summed E-state index contributed by atoms with van der Waals surface area (Å²) in [5.74, 6) is -1.48. The number of halogens is 1. The lowest BCUT2D eigenvalue weighted by Crippen LogP contribution is -2.32. The summed E-state index contributed by atoms with van der Waals surface area (Å²) in [6.45, 7) is 1.74. The van der Waals surface area contributed by atoms with E-state index >= 15 is 0 Å². The van der Waals surface area contributed by atoms with E-state index in [-0.39, 0.29) is 23.7 Å². The largest absolute Gasteiger partial charge is 0.481 e. The van der Waals surface area contributed by atoms with Crippen molar-refractivity contribution in [1.29, 1.82) is 0 Å². The molecule has 1 aromatic heterocycles. The number of carboxylic acid groups (broad SMARTS) is 1. The van der Waals surface area contributed by atoms with Crippen LogP contribution in [0.3, 0.4) is 0 Å². The summed E-state index contributed by atoms with van der Waals surface area (Å²) in [5, 5.41) is 9.20. The van der Waals surface area contributed by atoms with Gasteiger partial charge in [-0.3, -0.25) is 4.79 Å². The van der Waals surface area contributed by atoms with E-state index in [9.17, 15) is 17.6 Å². The summed E-state index contributed by atoms with van der Waals surface area (Å²) < 4.78 is 40.0. The SMILES string of the molecule is CCN(CCC(=O)O)S(=O)(=O)c1cc2cc(F)ccc2s1. The van der Waals surface area contributed by atoms with Crippen molar-refractivity contribution in [3.63, 3.8) is 0 Å². The molecule has 21 heavy (non-hydrogen) atoms. The first kappa shape index (κ1) is 15.9. The van der Waals surface area contributed by atoms with E-state index in [2.05, 4.69) is 0 Å². The minimum absolute atomic E-state index is 0.0865. The summed E-state index contributed by atoms with van der Waals surface area (Å²) in [4.78, 5) is 10.6. The molecule has 0 aliphatic heterocycles. The molecule has 1 N–H and O–H groups in total. The maximum absolute atomic E-state index is 13.2. The van der Waals surface area contributed by atoms with Gasteiger partial charge in [-0.15, -0.1) is 11.3 Å². The Morgan fingerprint density at radius 3 is 2.71 bits per heavy atom. The summed E-state index contributed by atoms with van der Waals surface area (Å²) in [6, 6.07) is 5.50. The van der Waals surface area contributed by atoms with Crippen LogP contribution < -0.4 is 0 Å². The zero-order valence-electron chi connectivity index (χ0n) is 11.2. The quantitative estimate of drug-likeness (QED) is 0.882. The molecule has 1 aromatic carbocycles. The number of nitrogens with zero attached hydrogens (tertiary/aromatic N) is 1. The van der Waals surface area contributed by atoms with Crippen LogP contribution in [0.15, 0.2) is 28.5 Å². The minimum atomic E-state index is -3.76. The third-order valence-corrected chi connectivity index (χ3v) is 6.52. The predicted molar refractivity (Wildman–Crippen MR) is 78.5 cm³/mol. The number of hydrogen-bond donors (Lipinski definition) is 1. The van der Waals surface area contributed by atoms with Gasteiger partial charge in [0.2, 0.25) is 0 Å². The summed E-state index contributed by atoms with van der Waals surface area (Å²) >= 11 is 1.05. The topological polar surface area (TPSA) is 74.7 Å². The van der Waals surface area contributed by atoms with Crippen molar-refractivity contribution in [1.82, 2.24) is 4.31 Å². The van der Waals surface area contributed by atoms with E-state index in [1.54, 1.807) is 6.92 Å². The highest BCUT2D eigenvalue weighted by atomic mass is 32.2. The van der Waals surface area contributed by atoms with Gasteiger partial charge in [0.15, 0.2) is 0 Å². The van der Waals surface area contributed by atoms with Gasteiger partial charge < -0.3 is 5.11 Å². The summed E-state index contributed by atoms with van der Waals surface area (Å²) in [6.07, 6.45) is -0.257. The first-order chi connectivity index (χ1) is 9.84. The van der Waals surface area contributed by atoms with Crippen molar-refractivity contribution in [2.45, 2.75) is 17.6 Å². The molecular formula is C13H14FNO4S2. The molecular weight excluding hydrogens is 317 g/mol. The van der Waals surface area contributed by atoms with Crippen molar-refractivity contribution in [2.75, 3.05) is 13.1 Å². The molecule has 0 unspecified atom stereocenters. The zero-order chi connectivity index (χ0) is 15.6. The molecule has 0 fully saturated rings. The molecule has 0 saturated heterocycles. The number of sulfonamides is 1. The van der Waals surface area contributed by atoms with E-state index < -0.39 is 21.8 Å². The number of hydrogen-bond acceptors (Lipinski definition) is 4. The van der Waals surface area contributed by atoms with Crippen molar-refractivity contribution in [3.8, 4) is 0 Å². The zero-order valence-corrected chi connectivity index (χ0v) is 12.9. The van der Waals surface area contributed by atoms with E-state index in [1.165, 1.54) is 24.3 Å². The predicted octanol–water partition coefficient (Wildman–Crippen LogP) is 2.53. The van der Waals surface area contributed by atoms with Crippen LogP contribution in [0, 0.1) is 5.82 Å². The summed E-state index contributed by atoms with van der Waals surface area (Å²) in [7, 11) is -3.76. The Labute approximate surface area is 125 Å². The van der Waals surface area contributed by atoms with E-state index in [0.29, 0.717) is 10.1 Å². The molecule has 8 heteroatoms. The second-order valence-corrected chi connectivity index (χ2v) is 7.64. The van der Waals surface area contributed by atoms with Crippen molar-refractivity contribution in [2.24, 2.45) is 0 Å². The lowest BCUT2D eigenvalue weighted by molar-refractivity contribution is -0.137. The number of fused-ring (bicyclic) bond motifs is 1. The Balaban J connectivity index is 2.37. The summed E-state index contributed by atoms with van der Waals surface area (Å²) in [5.41, 5.74) is 0. The van der Waals surface area contributed by atoms with Crippen LogP contribution in [0.2, 0.25) is 0 Å². The number of benzene rings is 1. The van der Waals surface area contributed by atoms with Crippen LogP contribution in [0.25, 0.3) is 10.1 Å². The monoisotopic (exact) mass is 331 g/mol. The molecule has 0 aliphatic carbocycles. The molecule has 0 amide bonds. The second kappa shape index (κ2) is 6.08. The molecule has 1 heterocycles. The maximum Gasteiger partial charge on any atom is 0.304 e. The fourth-order valence-electron chi connectivity index (χ4n) is 1.91. The van der Waals surface area contributed by atoms with Crippen molar-refractivity contribution in [3.05, 3.63) is 30.1 Å². The minimum Gasteiger partial charge on any atom is -0.481 e. The Morgan fingerprint density at radius 1 is 1.38 bits per heavy atom. The van der Waals surface area contributed by atoms with Crippen LogP contribution >= 0.6 is 11.3 Å². The third-order valence-electron chi connectivity index (χ3n) is 2.98. The standard InChI is InChI=1S/C13H14FNO4S2/c1-2-15(6-5-12(16)17)21(18,19)13-8-9-7-10(14)3-4-11(9)20-13/h3-4,7-8H,2,5-6H2,1H3,(H,16,17). The number of rotatable bonds is 6. The lowest BCUT2D eigenvalue weighted by Gasteiger charge is -2.18. The number of thiophene rings is 1. The Hall–Kier alpha value is -1.51. The molecule has 2 rings (SSSR count). The fraction of sp³-hybridized carbons (Fsp3) is 0.308. The first-order valence-corrected chi connectivity index (χ1v) is 8.51. The normalized spacial score (nSPS) is 12.1. The van der Waals surface area contributed by atoms with Gasteiger partial charge in [-0.1, -0.05) is 6.92 Å². The Morgan fingerprint density at radius 2 is 2.10 bits per heavy atom. The highest BCUT2D eigenvalue weighted by molar-refractivity contribution is 7.91. The van der Waals surface area contributed by atoms with E-state index in [1.807, 2.05) is 0 Å².